The van der Waals surface area contributed by atoms with Crippen LogP contribution in [0.5, 0.6) is 0 Å². The molecule has 0 aromatic carbocycles. The molecule has 0 N–H and O–H groups in total. The Kier molecular flexibility index (Phi) is 3.68. The van der Waals surface area contributed by atoms with E-state index in [1.54, 1.807) is 0 Å². The first-order valence-corrected chi connectivity index (χ1v) is 7.11. The molecule has 0 atom stereocenters. The van der Waals surface area contributed by atoms with Crippen LogP contribution in [-0.4, -0.2) is 9.97 Å². The maximum absolute atomic E-state index is 4.69. The number of aromatic nitrogens is 2. The van der Waals surface area contributed by atoms with Crippen LogP contribution in [0.25, 0.3) is 11.1 Å². The van der Waals surface area contributed by atoms with Crippen molar-refractivity contribution in [3.8, 4) is 11.1 Å². The smallest absolute Gasteiger partial charge is 0.0500 e. The molecule has 2 heteroatoms. The number of pyridine rings is 2. The Bertz CT molecular complexity index is 587. The molecular weight excluding hydrogens is 244 g/mol. The number of hydrogen-bond donors (Lipinski definition) is 0. The predicted octanol–water partition coefficient (Wildman–Crippen LogP) is 4.74. The molecule has 20 heavy (non-hydrogen) atoms. The van der Waals surface area contributed by atoms with Gasteiger partial charge in [-0.1, -0.05) is 41.5 Å². The van der Waals surface area contributed by atoms with E-state index in [1.165, 1.54) is 22.4 Å². The fourth-order valence-corrected chi connectivity index (χ4v) is 2.56. The van der Waals surface area contributed by atoms with Crippen LogP contribution >= 0.6 is 0 Å². The molecule has 0 radical (unpaired) electrons. The first-order chi connectivity index (χ1) is 9.21. The van der Waals surface area contributed by atoms with Crippen molar-refractivity contribution in [1.29, 1.82) is 0 Å². The van der Waals surface area contributed by atoms with E-state index in [4.69, 9.17) is 0 Å². The van der Waals surface area contributed by atoms with E-state index in [1.807, 2.05) is 18.6 Å². The number of hydrogen-bond acceptors (Lipinski definition) is 2. The van der Waals surface area contributed by atoms with Crippen molar-refractivity contribution in [3.63, 3.8) is 0 Å². The van der Waals surface area contributed by atoms with Crippen molar-refractivity contribution in [3.05, 3.63) is 48.0 Å². The molecule has 0 saturated carbocycles. The largest absolute Gasteiger partial charge is 0.265 e. The summed E-state index contributed by atoms with van der Waals surface area (Å²) >= 11 is 0. The van der Waals surface area contributed by atoms with Gasteiger partial charge in [0.05, 0.1) is 0 Å². The highest BCUT2D eigenvalue weighted by Crippen LogP contribution is 2.38. The van der Waals surface area contributed by atoms with Crippen molar-refractivity contribution in [2.45, 2.75) is 52.4 Å². The Labute approximate surface area is 122 Å². The van der Waals surface area contributed by atoms with Crippen LogP contribution in [0, 0.1) is 0 Å². The molecule has 2 aromatic rings. The second-order valence-electron chi connectivity index (χ2n) is 7.32. The first-order valence-electron chi connectivity index (χ1n) is 7.11. The van der Waals surface area contributed by atoms with Crippen molar-refractivity contribution in [2.24, 2.45) is 0 Å². The van der Waals surface area contributed by atoms with Gasteiger partial charge in [0.25, 0.3) is 0 Å². The lowest BCUT2D eigenvalue weighted by Gasteiger charge is -2.31. The summed E-state index contributed by atoms with van der Waals surface area (Å²) in [4.78, 5) is 8.81. The van der Waals surface area contributed by atoms with Gasteiger partial charge in [0, 0.05) is 29.7 Å². The predicted molar refractivity (Wildman–Crippen MR) is 84.9 cm³/mol. The molecular formula is C18H24N2. The van der Waals surface area contributed by atoms with Crippen molar-refractivity contribution >= 4 is 0 Å². The fraction of sp³-hybridized carbons (Fsp3) is 0.444. The second-order valence-corrected chi connectivity index (χ2v) is 7.32. The monoisotopic (exact) mass is 268 g/mol. The van der Waals surface area contributed by atoms with Crippen molar-refractivity contribution < 1.29 is 0 Å². The SMILES string of the molecule is CC(C)(C)c1nccc(-c2ccncc2)c1C(C)(C)C. The zero-order valence-electron chi connectivity index (χ0n) is 13.4. The minimum absolute atomic E-state index is 0.0334. The van der Waals surface area contributed by atoms with Gasteiger partial charge in [-0.3, -0.25) is 9.97 Å². The summed E-state index contributed by atoms with van der Waals surface area (Å²) in [7, 11) is 0. The quantitative estimate of drug-likeness (QED) is 0.746. The van der Waals surface area contributed by atoms with Crippen LogP contribution in [0.15, 0.2) is 36.8 Å². The van der Waals surface area contributed by atoms with Gasteiger partial charge >= 0.3 is 0 Å². The van der Waals surface area contributed by atoms with Crippen LogP contribution in [0.3, 0.4) is 0 Å². The third-order valence-corrected chi connectivity index (χ3v) is 3.40. The Morgan fingerprint density at radius 3 is 1.85 bits per heavy atom. The highest BCUT2D eigenvalue weighted by molar-refractivity contribution is 5.69. The molecule has 0 saturated heterocycles. The molecule has 2 aromatic heterocycles. The lowest BCUT2D eigenvalue weighted by atomic mass is 9.75. The first kappa shape index (κ1) is 14.7. The highest BCUT2D eigenvalue weighted by atomic mass is 14.7. The van der Waals surface area contributed by atoms with Gasteiger partial charge in [-0.05, 0) is 40.3 Å². The summed E-state index contributed by atoms with van der Waals surface area (Å²) in [6, 6.07) is 6.25. The molecule has 0 unspecified atom stereocenters. The molecule has 0 fully saturated rings. The molecule has 0 spiro atoms. The van der Waals surface area contributed by atoms with Gasteiger partial charge in [-0.25, -0.2) is 0 Å². The maximum Gasteiger partial charge on any atom is 0.0500 e. The average Bonchev–Trinajstić information content (AvgIpc) is 2.37. The molecule has 0 aliphatic rings. The lowest BCUT2D eigenvalue weighted by Crippen LogP contribution is -2.24. The summed E-state index contributed by atoms with van der Waals surface area (Å²) in [5, 5.41) is 0. The minimum Gasteiger partial charge on any atom is -0.265 e. The Morgan fingerprint density at radius 2 is 1.35 bits per heavy atom. The number of rotatable bonds is 1. The fourth-order valence-electron chi connectivity index (χ4n) is 2.56. The van der Waals surface area contributed by atoms with Crippen LogP contribution in [0.1, 0.15) is 52.8 Å². The van der Waals surface area contributed by atoms with E-state index in [9.17, 15) is 0 Å². The third-order valence-electron chi connectivity index (χ3n) is 3.40. The topological polar surface area (TPSA) is 25.8 Å². The van der Waals surface area contributed by atoms with E-state index < -0.39 is 0 Å². The molecule has 2 rings (SSSR count). The summed E-state index contributed by atoms with van der Waals surface area (Å²) in [5.41, 5.74) is 5.07. The molecule has 106 valence electrons. The molecule has 2 heterocycles. The van der Waals surface area contributed by atoms with E-state index in [0.717, 1.165) is 0 Å². The average molecular weight is 268 g/mol. The zero-order valence-corrected chi connectivity index (χ0v) is 13.4. The maximum atomic E-state index is 4.69. The van der Waals surface area contributed by atoms with Gasteiger partial charge in [-0.15, -0.1) is 0 Å². The summed E-state index contributed by atoms with van der Waals surface area (Å²) in [5.74, 6) is 0. The van der Waals surface area contributed by atoms with Gasteiger partial charge in [0.1, 0.15) is 0 Å². The normalized spacial score (nSPS) is 12.5. The Hall–Kier alpha value is -1.70. The van der Waals surface area contributed by atoms with Crippen LogP contribution < -0.4 is 0 Å². The minimum atomic E-state index is 0.0334. The van der Waals surface area contributed by atoms with Gasteiger partial charge in [0.15, 0.2) is 0 Å². The van der Waals surface area contributed by atoms with E-state index >= 15 is 0 Å². The van der Waals surface area contributed by atoms with Crippen LogP contribution in [0.2, 0.25) is 0 Å². The van der Waals surface area contributed by atoms with Gasteiger partial charge < -0.3 is 0 Å². The third kappa shape index (κ3) is 2.90. The Morgan fingerprint density at radius 1 is 0.750 bits per heavy atom. The molecule has 0 aliphatic heterocycles. The molecule has 2 nitrogen and oxygen atoms in total. The van der Waals surface area contributed by atoms with E-state index in [2.05, 4.69) is 69.7 Å². The van der Waals surface area contributed by atoms with Crippen LogP contribution in [0.4, 0.5) is 0 Å². The van der Waals surface area contributed by atoms with Crippen LogP contribution in [-0.2, 0) is 10.8 Å². The van der Waals surface area contributed by atoms with E-state index in [-0.39, 0.29) is 10.8 Å². The van der Waals surface area contributed by atoms with Gasteiger partial charge in [0.2, 0.25) is 0 Å². The molecule has 0 bridgehead atoms. The standard InChI is InChI=1S/C18H24N2/c1-17(2,3)15-14(13-7-10-19-11-8-13)9-12-20-16(15)18(4,5)6/h7-12H,1-6H3. The van der Waals surface area contributed by atoms with E-state index in [0.29, 0.717) is 0 Å². The number of nitrogens with zero attached hydrogens (tertiary/aromatic N) is 2. The van der Waals surface area contributed by atoms with Gasteiger partial charge in [-0.2, -0.15) is 0 Å². The lowest BCUT2D eigenvalue weighted by molar-refractivity contribution is 0.515. The molecule has 0 aliphatic carbocycles. The van der Waals surface area contributed by atoms with Crippen molar-refractivity contribution in [1.82, 2.24) is 9.97 Å². The highest BCUT2D eigenvalue weighted by Gasteiger charge is 2.29. The summed E-state index contributed by atoms with van der Waals surface area (Å²) in [6.07, 6.45) is 5.61. The summed E-state index contributed by atoms with van der Waals surface area (Å²) in [6.45, 7) is 13.4. The summed E-state index contributed by atoms with van der Waals surface area (Å²) < 4.78 is 0. The second kappa shape index (κ2) is 5.01. The zero-order chi connectivity index (χ0) is 15.0. The Balaban J connectivity index is 2.77. The van der Waals surface area contributed by atoms with Crippen molar-refractivity contribution in [2.75, 3.05) is 0 Å². The molecule has 0 amide bonds.